The molecule has 3 heterocycles. The summed E-state index contributed by atoms with van der Waals surface area (Å²) in [6, 6.07) is 5.72. The second-order valence-corrected chi connectivity index (χ2v) is 9.74. The van der Waals surface area contributed by atoms with Crippen LogP contribution in [0.25, 0.3) is 6.08 Å². The lowest BCUT2D eigenvalue weighted by molar-refractivity contribution is -0.111. The lowest BCUT2D eigenvalue weighted by Gasteiger charge is -2.21. The van der Waals surface area contributed by atoms with Gasteiger partial charge in [-0.3, -0.25) is 4.79 Å². The van der Waals surface area contributed by atoms with E-state index in [0.29, 0.717) is 42.3 Å². The Balaban J connectivity index is 1.31. The molecule has 0 spiro atoms. The quantitative estimate of drug-likeness (QED) is 0.473. The highest BCUT2D eigenvalue weighted by atomic mass is 32.1. The highest BCUT2D eigenvalue weighted by Crippen LogP contribution is 2.39. The van der Waals surface area contributed by atoms with Gasteiger partial charge >= 0.3 is 6.09 Å². The van der Waals surface area contributed by atoms with Crippen LogP contribution in [0.3, 0.4) is 0 Å². The molecular weight excluding hydrogens is 460 g/mol. The predicted molar refractivity (Wildman–Crippen MR) is 126 cm³/mol. The number of hydrogen-bond acceptors (Lipinski definition) is 8. The van der Waals surface area contributed by atoms with E-state index in [4.69, 9.17) is 9.15 Å². The van der Waals surface area contributed by atoms with Crippen molar-refractivity contribution in [2.24, 2.45) is 5.92 Å². The summed E-state index contributed by atoms with van der Waals surface area (Å²) in [6.45, 7) is 2.56. The van der Waals surface area contributed by atoms with E-state index in [1.54, 1.807) is 18.2 Å². The monoisotopic (exact) mass is 482 g/mol. The Morgan fingerprint density at radius 3 is 3.06 bits per heavy atom. The number of furan rings is 1. The molecular formula is C23H22N4O4S2. The highest BCUT2D eigenvalue weighted by molar-refractivity contribution is 7.16. The van der Waals surface area contributed by atoms with E-state index >= 15 is 0 Å². The molecule has 1 unspecified atom stereocenters. The SMILES string of the molecule is Cc1nc(CNC(=O)OCC2CCc3c(sc(NC(=O)/C=C/c4ccco4)c3C#N)C2)cs1. The number of aromatic nitrogens is 1. The van der Waals surface area contributed by atoms with Gasteiger partial charge in [-0.15, -0.1) is 22.7 Å². The van der Waals surface area contributed by atoms with Crippen molar-refractivity contribution in [1.29, 1.82) is 5.26 Å². The third-order valence-electron chi connectivity index (χ3n) is 5.19. The zero-order chi connectivity index (χ0) is 23.2. The molecule has 10 heteroatoms. The zero-order valence-electron chi connectivity index (χ0n) is 17.9. The Morgan fingerprint density at radius 1 is 1.45 bits per heavy atom. The maximum Gasteiger partial charge on any atom is 0.407 e. The van der Waals surface area contributed by atoms with Crippen LogP contribution in [-0.4, -0.2) is 23.6 Å². The Kier molecular flexibility index (Phi) is 7.22. The lowest BCUT2D eigenvalue weighted by Crippen LogP contribution is -2.27. The van der Waals surface area contributed by atoms with E-state index in [2.05, 4.69) is 21.7 Å². The van der Waals surface area contributed by atoms with Gasteiger partial charge in [0.2, 0.25) is 5.91 Å². The van der Waals surface area contributed by atoms with Crippen LogP contribution in [0, 0.1) is 24.2 Å². The summed E-state index contributed by atoms with van der Waals surface area (Å²) < 4.78 is 10.6. The Hall–Kier alpha value is -3.42. The maximum absolute atomic E-state index is 12.3. The first kappa shape index (κ1) is 22.8. The van der Waals surface area contributed by atoms with Gasteiger partial charge in [0.25, 0.3) is 0 Å². The van der Waals surface area contributed by atoms with Gasteiger partial charge in [-0.05, 0) is 55.9 Å². The minimum atomic E-state index is -0.466. The van der Waals surface area contributed by atoms with Crippen molar-refractivity contribution in [3.8, 4) is 6.07 Å². The third-order valence-corrected chi connectivity index (χ3v) is 7.18. The van der Waals surface area contributed by atoms with Gasteiger partial charge in [0.1, 0.15) is 16.8 Å². The number of ether oxygens (including phenoxy) is 1. The van der Waals surface area contributed by atoms with Crippen LogP contribution in [0.5, 0.6) is 0 Å². The summed E-state index contributed by atoms with van der Waals surface area (Å²) in [4.78, 5) is 29.7. The molecule has 1 aliphatic rings. The first-order valence-corrected chi connectivity index (χ1v) is 12.1. The lowest BCUT2D eigenvalue weighted by atomic mass is 9.88. The third kappa shape index (κ3) is 5.88. The number of nitriles is 1. The molecule has 0 aromatic carbocycles. The molecule has 33 heavy (non-hydrogen) atoms. The molecule has 170 valence electrons. The van der Waals surface area contributed by atoms with Crippen LogP contribution in [0.2, 0.25) is 0 Å². The van der Waals surface area contributed by atoms with E-state index in [1.807, 2.05) is 12.3 Å². The average Bonchev–Trinajstić information content (AvgIpc) is 3.54. The second-order valence-electron chi connectivity index (χ2n) is 7.58. The van der Waals surface area contributed by atoms with E-state index in [9.17, 15) is 14.9 Å². The molecule has 0 saturated heterocycles. The van der Waals surface area contributed by atoms with Crippen LogP contribution in [-0.2, 0) is 28.9 Å². The minimum Gasteiger partial charge on any atom is -0.465 e. The number of hydrogen-bond donors (Lipinski definition) is 2. The number of thiazole rings is 1. The smallest absolute Gasteiger partial charge is 0.407 e. The van der Waals surface area contributed by atoms with Crippen LogP contribution in [0.4, 0.5) is 9.80 Å². The van der Waals surface area contributed by atoms with Crippen molar-refractivity contribution in [3.63, 3.8) is 0 Å². The fraction of sp³-hybridized carbons (Fsp3) is 0.304. The van der Waals surface area contributed by atoms with Gasteiger partial charge in [-0.1, -0.05) is 0 Å². The van der Waals surface area contributed by atoms with Gasteiger partial charge in [0, 0.05) is 16.3 Å². The molecule has 2 amide bonds. The number of carbonyl (C=O) groups excluding carboxylic acids is 2. The number of alkyl carbamates (subject to hydrolysis) is 1. The Morgan fingerprint density at radius 2 is 2.33 bits per heavy atom. The summed E-state index contributed by atoms with van der Waals surface area (Å²) in [6.07, 6.45) is 6.23. The minimum absolute atomic E-state index is 0.164. The van der Waals surface area contributed by atoms with Crippen LogP contribution < -0.4 is 10.6 Å². The van der Waals surface area contributed by atoms with Gasteiger partial charge in [-0.25, -0.2) is 9.78 Å². The number of nitrogens with one attached hydrogen (secondary N) is 2. The largest absolute Gasteiger partial charge is 0.465 e. The molecule has 8 nitrogen and oxygen atoms in total. The van der Waals surface area contributed by atoms with Crippen molar-refractivity contribution in [2.45, 2.75) is 32.7 Å². The van der Waals surface area contributed by atoms with Gasteiger partial charge in [0.05, 0.1) is 35.7 Å². The van der Waals surface area contributed by atoms with Crippen LogP contribution >= 0.6 is 22.7 Å². The summed E-state index contributed by atoms with van der Waals surface area (Å²) in [5.74, 6) is 0.412. The molecule has 0 saturated carbocycles. The van der Waals surface area contributed by atoms with Crippen LogP contribution in [0.15, 0.2) is 34.3 Å². The number of amides is 2. The van der Waals surface area contributed by atoms with Crippen molar-refractivity contribution in [2.75, 3.05) is 11.9 Å². The van der Waals surface area contributed by atoms with Gasteiger partial charge in [-0.2, -0.15) is 5.26 Å². The molecule has 3 aromatic heterocycles. The fourth-order valence-corrected chi connectivity index (χ4v) is 5.52. The molecule has 3 aromatic rings. The molecule has 0 aliphatic heterocycles. The van der Waals surface area contributed by atoms with E-state index in [-0.39, 0.29) is 11.8 Å². The average molecular weight is 483 g/mol. The zero-order valence-corrected chi connectivity index (χ0v) is 19.6. The molecule has 2 N–H and O–H groups in total. The fourth-order valence-electron chi connectivity index (χ4n) is 3.60. The Labute approximate surface area is 198 Å². The molecule has 1 atom stereocenters. The van der Waals surface area contributed by atoms with Gasteiger partial charge in [0.15, 0.2) is 0 Å². The van der Waals surface area contributed by atoms with Crippen molar-refractivity contribution < 1.29 is 18.7 Å². The second kappa shape index (κ2) is 10.5. The van der Waals surface area contributed by atoms with Crippen molar-refractivity contribution in [3.05, 3.63) is 62.3 Å². The number of nitrogens with zero attached hydrogens (tertiary/aromatic N) is 2. The number of thiophene rings is 1. The number of aryl methyl sites for hydroxylation is 1. The topological polar surface area (TPSA) is 117 Å². The molecule has 1 aliphatic carbocycles. The summed E-state index contributed by atoms with van der Waals surface area (Å²) >= 11 is 2.95. The normalized spacial score (nSPS) is 15.1. The molecule has 0 radical (unpaired) electrons. The Bertz CT molecular complexity index is 1200. The highest BCUT2D eigenvalue weighted by Gasteiger charge is 2.27. The van der Waals surface area contributed by atoms with E-state index in [1.165, 1.54) is 35.0 Å². The number of anilines is 1. The molecule has 4 rings (SSSR count). The van der Waals surface area contributed by atoms with Crippen molar-refractivity contribution >= 4 is 45.8 Å². The van der Waals surface area contributed by atoms with E-state index < -0.39 is 6.09 Å². The first-order chi connectivity index (χ1) is 16.0. The van der Waals surface area contributed by atoms with Gasteiger partial charge < -0.3 is 19.8 Å². The number of rotatable bonds is 7. The standard InChI is InChI=1S/C23H22N4O4S2/c1-14-26-16(13-32-14)11-25-23(29)31-12-15-4-6-18-19(10-24)22(33-20(18)9-15)27-21(28)7-5-17-3-2-8-30-17/h2-3,5,7-8,13,15H,4,6,9,11-12H2,1H3,(H,25,29)(H,27,28)/b7-5+. The number of fused-ring (bicyclic) bond motifs is 1. The summed E-state index contributed by atoms with van der Waals surface area (Å²) in [5, 5.41) is 18.6. The summed E-state index contributed by atoms with van der Waals surface area (Å²) in [5.41, 5.74) is 2.31. The van der Waals surface area contributed by atoms with Crippen molar-refractivity contribution in [1.82, 2.24) is 10.3 Å². The predicted octanol–water partition coefficient (Wildman–Crippen LogP) is 4.66. The molecule has 0 bridgehead atoms. The molecule has 0 fully saturated rings. The summed E-state index contributed by atoms with van der Waals surface area (Å²) in [7, 11) is 0. The van der Waals surface area contributed by atoms with E-state index in [0.717, 1.165) is 27.6 Å². The van der Waals surface area contributed by atoms with Crippen LogP contribution in [0.1, 0.15) is 38.9 Å². The maximum atomic E-state index is 12.3. The number of carbonyl (C=O) groups is 2. The first-order valence-electron chi connectivity index (χ1n) is 10.4.